The second kappa shape index (κ2) is 13.4. The first-order valence-electron chi connectivity index (χ1n) is 20.9. The molecule has 59 heavy (non-hydrogen) atoms. The Morgan fingerprint density at radius 1 is 0.525 bits per heavy atom. The van der Waals surface area contributed by atoms with E-state index in [-0.39, 0.29) is 17.0 Å². The average Bonchev–Trinajstić information content (AvgIpc) is 3.62. The van der Waals surface area contributed by atoms with Crippen LogP contribution in [0.25, 0.3) is 60.2 Å². The van der Waals surface area contributed by atoms with E-state index >= 15 is 0 Å². The Hall–Kier alpha value is -6.78. The average molecular weight is 763 g/mol. The van der Waals surface area contributed by atoms with E-state index in [9.17, 15) is 0 Å². The van der Waals surface area contributed by atoms with Gasteiger partial charge in [0.2, 0.25) is 0 Å². The minimum Gasteiger partial charge on any atom is -0.344 e. The molecule has 286 valence electrons. The number of nitrogens with one attached hydrogen (secondary N) is 1. The van der Waals surface area contributed by atoms with Crippen LogP contribution in [0.1, 0.15) is 74.5 Å². The zero-order valence-electron chi connectivity index (χ0n) is 34.0. The molecule has 1 N–H and O–H groups in total. The summed E-state index contributed by atoms with van der Waals surface area (Å²) in [5.41, 5.74) is 12.3. The van der Waals surface area contributed by atoms with Gasteiger partial charge in [-0.2, -0.15) is 0 Å². The van der Waals surface area contributed by atoms with Crippen molar-refractivity contribution in [1.82, 2.24) is 9.88 Å². The topological polar surface area (TPSA) is 41.7 Å². The zero-order chi connectivity index (χ0) is 39.9. The Morgan fingerprint density at radius 2 is 1.14 bits per heavy atom. The van der Waals surface area contributed by atoms with Gasteiger partial charge < -0.3 is 9.88 Å². The summed E-state index contributed by atoms with van der Waals surface area (Å²) >= 11 is 0. The summed E-state index contributed by atoms with van der Waals surface area (Å²) < 4.78 is 2.50. The standard InChI is InChI=1S/C55H46N4/c1-54(2)31-32-55(3,4)48-34-49-46(33-47(48)54)45-30-27-36-14-9-11-19-44(36)50(45)59(49)41-28-25-40(26-29-41)53-57-51(38-15-6-5-7-16-38)56-52(58-53)39-23-21-37(22-24-39)43-20-12-17-35-13-8-10-18-42(35)43/h5-30,33-34,51H,31-32H2,1-4H3,(H,56,57,58). The molecule has 0 saturated heterocycles. The number of hydrogen-bond acceptors (Lipinski definition) is 3. The van der Waals surface area contributed by atoms with Crippen LogP contribution in [0.2, 0.25) is 0 Å². The lowest BCUT2D eigenvalue weighted by molar-refractivity contribution is 0.332. The Labute approximate surface area is 345 Å². The third-order valence-electron chi connectivity index (χ3n) is 13.1. The Kier molecular flexibility index (Phi) is 8.03. The summed E-state index contributed by atoms with van der Waals surface area (Å²) in [6.45, 7) is 9.67. The first-order chi connectivity index (χ1) is 28.7. The normalized spacial score (nSPS) is 17.1. The maximum atomic E-state index is 5.21. The van der Waals surface area contributed by atoms with Crippen molar-refractivity contribution >= 4 is 55.0 Å². The number of hydrogen-bond donors (Lipinski definition) is 1. The first kappa shape index (κ1) is 35.4. The summed E-state index contributed by atoms with van der Waals surface area (Å²) in [6, 6.07) is 61.6. The molecule has 0 saturated carbocycles. The lowest BCUT2D eigenvalue weighted by atomic mass is 9.63. The van der Waals surface area contributed by atoms with E-state index in [0.29, 0.717) is 5.84 Å². The van der Waals surface area contributed by atoms with Crippen LogP contribution in [0, 0.1) is 0 Å². The molecule has 0 amide bonds. The largest absolute Gasteiger partial charge is 0.344 e. The molecule has 1 aliphatic carbocycles. The van der Waals surface area contributed by atoms with Crippen molar-refractivity contribution in [1.29, 1.82) is 0 Å². The number of nitrogens with zero attached hydrogens (tertiary/aromatic N) is 3. The van der Waals surface area contributed by atoms with Crippen molar-refractivity contribution in [3.63, 3.8) is 0 Å². The van der Waals surface area contributed by atoms with Gasteiger partial charge in [0.05, 0.1) is 11.0 Å². The fourth-order valence-electron chi connectivity index (χ4n) is 9.68. The monoisotopic (exact) mass is 762 g/mol. The maximum absolute atomic E-state index is 5.21. The molecular formula is C55H46N4. The number of aliphatic imine (C=N–C) groups is 2. The van der Waals surface area contributed by atoms with Gasteiger partial charge in [-0.05, 0) is 104 Å². The number of aromatic nitrogens is 1. The fourth-order valence-corrected chi connectivity index (χ4v) is 9.68. The Balaban J connectivity index is 1.03. The summed E-state index contributed by atoms with van der Waals surface area (Å²) in [7, 11) is 0. The van der Waals surface area contributed by atoms with Gasteiger partial charge in [-0.25, -0.2) is 9.98 Å². The molecule has 2 aliphatic rings. The van der Waals surface area contributed by atoms with Crippen molar-refractivity contribution in [2.45, 2.75) is 57.5 Å². The summed E-state index contributed by atoms with van der Waals surface area (Å²) in [5, 5.41) is 11.3. The van der Waals surface area contributed by atoms with Crippen molar-refractivity contribution in [3.05, 3.63) is 198 Å². The highest BCUT2D eigenvalue weighted by atomic mass is 15.2. The molecule has 1 aliphatic heterocycles. The SMILES string of the molecule is CC1(C)CCC(C)(C)c2cc3c(cc21)c1ccc2ccccc2c1n3-c1ccc(C2=NC(c3ccc(-c4cccc5ccccc45)cc3)=NC(c3ccccc3)N2)cc1. The van der Waals surface area contributed by atoms with E-state index in [0.717, 1.165) is 28.2 Å². The van der Waals surface area contributed by atoms with Gasteiger partial charge >= 0.3 is 0 Å². The number of amidine groups is 2. The summed E-state index contributed by atoms with van der Waals surface area (Å²) in [6.07, 6.45) is 2.08. The van der Waals surface area contributed by atoms with Crippen molar-refractivity contribution in [2.24, 2.45) is 9.98 Å². The second-order valence-electron chi connectivity index (χ2n) is 17.7. The molecule has 1 unspecified atom stereocenters. The van der Waals surface area contributed by atoms with E-state index in [4.69, 9.17) is 9.98 Å². The van der Waals surface area contributed by atoms with E-state index in [1.54, 1.807) is 0 Å². The van der Waals surface area contributed by atoms with E-state index in [1.807, 2.05) is 6.07 Å². The lowest BCUT2D eigenvalue weighted by Gasteiger charge is -2.42. The highest BCUT2D eigenvalue weighted by molar-refractivity contribution is 6.19. The van der Waals surface area contributed by atoms with Crippen LogP contribution in [0.3, 0.4) is 0 Å². The molecule has 0 bridgehead atoms. The third-order valence-corrected chi connectivity index (χ3v) is 13.1. The second-order valence-corrected chi connectivity index (χ2v) is 17.7. The van der Waals surface area contributed by atoms with E-state index < -0.39 is 0 Å². The van der Waals surface area contributed by atoms with Gasteiger partial charge in [-0.3, -0.25) is 0 Å². The highest BCUT2D eigenvalue weighted by Gasteiger charge is 2.38. The summed E-state index contributed by atoms with van der Waals surface area (Å²) in [4.78, 5) is 10.4. The van der Waals surface area contributed by atoms with Crippen LogP contribution in [0.15, 0.2) is 180 Å². The van der Waals surface area contributed by atoms with Crippen LogP contribution < -0.4 is 5.32 Å². The Bertz CT molecular complexity index is 3160. The van der Waals surface area contributed by atoms with Gasteiger partial charge in [0.15, 0.2) is 5.84 Å². The predicted molar refractivity (Wildman–Crippen MR) is 248 cm³/mol. The molecule has 1 aromatic heterocycles. The zero-order valence-corrected chi connectivity index (χ0v) is 34.0. The quantitative estimate of drug-likeness (QED) is 0.186. The number of rotatable bonds is 5. The predicted octanol–water partition coefficient (Wildman–Crippen LogP) is 13.6. The fraction of sp³-hybridized carbons (Fsp3) is 0.164. The van der Waals surface area contributed by atoms with Crippen LogP contribution in [0.5, 0.6) is 0 Å². The molecule has 1 atom stereocenters. The maximum Gasteiger partial charge on any atom is 0.159 e. The highest BCUT2D eigenvalue weighted by Crippen LogP contribution is 2.49. The van der Waals surface area contributed by atoms with E-state index in [2.05, 4.69) is 201 Å². The third kappa shape index (κ3) is 5.88. The van der Waals surface area contributed by atoms with Gasteiger partial charge in [0.1, 0.15) is 12.0 Å². The van der Waals surface area contributed by atoms with Gasteiger partial charge in [0.25, 0.3) is 0 Å². The van der Waals surface area contributed by atoms with Crippen molar-refractivity contribution < 1.29 is 0 Å². The molecule has 4 nitrogen and oxygen atoms in total. The van der Waals surface area contributed by atoms with Gasteiger partial charge in [-0.1, -0.05) is 161 Å². The van der Waals surface area contributed by atoms with Crippen LogP contribution in [-0.4, -0.2) is 16.2 Å². The molecule has 0 radical (unpaired) electrons. The molecule has 0 fully saturated rings. The van der Waals surface area contributed by atoms with Crippen LogP contribution in [-0.2, 0) is 10.8 Å². The molecule has 0 spiro atoms. The number of benzene rings is 8. The van der Waals surface area contributed by atoms with Gasteiger partial charge in [-0.15, -0.1) is 0 Å². The lowest BCUT2D eigenvalue weighted by Crippen LogP contribution is -2.33. The van der Waals surface area contributed by atoms with Crippen molar-refractivity contribution in [3.8, 4) is 16.8 Å². The van der Waals surface area contributed by atoms with Crippen molar-refractivity contribution in [2.75, 3.05) is 0 Å². The minimum atomic E-state index is -0.279. The minimum absolute atomic E-state index is 0.0991. The molecular weight excluding hydrogens is 717 g/mol. The smallest absolute Gasteiger partial charge is 0.159 e. The summed E-state index contributed by atoms with van der Waals surface area (Å²) in [5.74, 6) is 1.52. The van der Waals surface area contributed by atoms with Crippen LogP contribution >= 0.6 is 0 Å². The van der Waals surface area contributed by atoms with E-state index in [1.165, 1.54) is 78.4 Å². The molecule has 11 rings (SSSR count). The van der Waals surface area contributed by atoms with Gasteiger partial charge in [0, 0.05) is 33.0 Å². The molecule has 2 heterocycles. The molecule has 4 heteroatoms. The number of fused-ring (bicyclic) bond motifs is 7. The van der Waals surface area contributed by atoms with Crippen LogP contribution in [0.4, 0.5) is 0 Å². The molecule has 8 aromatic carbocycles. The molecule has 9 aromatic rings. The Morgan fingerprint density at radius 3 is 1.88 bits per heavy atom. The first-order valence-corrected chi connectivity index (χ1v) is 20.9.